The zero-order chi connectivity index (χ0) is 31.2. The highest BCUT2D eigenvalue weighted by atomic mass is 32.2. The Hall–Kier alpha value is -3.01. The largest absolute Gasteiger partial charge is 0.376 e. The molecule has 2 aliphatic heterocycles. The van der Waals surface area contributed by atoms with E-state index in [1.165, 1.54) is 0 Å². The second-order valence-corrected chi connectivity index (χ2v) is 13.1. The minimum absolute atomic E-state index is 0.0710. The highest BCUT2D eigenvalue weighted by Gasteiger charge is 2.49. The monoisotopic (exact) mass is 640 g/mol. The average Bonchev–Trinajstić information content (AvgIpc) is 3.12. The van der Waals surface area contributed by atoms with Crippen LogP contribution in [0.3, 0.4) is 0 Å². The number of ether oxygens (including phenoxy) is 6. The van der Waals surface area contributed by atoms with Crippen LogP contribution in [0.5, 0.6) is 0 Å². The van der Waals surface area contributed by atoms with Gasteiger partial charge in [0, 0.05) is 6.61 Å². The van der Waals surface area contributed by atoms with Crippen LogP contribution >= 0.6 is 11.8 Å². The predicted octanol–water partition coefficient (Wildman–Crippen LogP) is 7.94. The van der Waals surface area contributed by atoms with Gasteiger partial charge >= 0.3 is 0 Å². The smallest absolute Gasteiger partial charge is 0.159 e. The average molecular weight is 641 g/mol. The molecule has 0 aromatic heterocycles. The van der Waals surface area contributed by atoms with Gasteiger partial charge in [0.25, 0.3) is 0 Å². The van der Waals surface area contributed by atoms with Crippen molar-refractivity contribution in [3.05, 3.63) is 144 Å². The molecular weight excluding hydrogens is 596 g/mol. The van der Waals surface area contributed by atoms with Crippen LogP contribution in [-0.4, -0.2) is 48.5 Å². The topological polar surface area (TPSA) is 55.4 Å². The van der Waals surface area contributed by atoms with E-state index in [-0.39, 0.29) is 23.1 Å². The number of thioether (sulfide) groups is 1. The molecule has 242 valence electrons. The van der Waals surface area contributed by atoms with Crippen molar-refractivity contribution in [1.29, 1.82) is 0 Å². The molecule has 0 radical (unpaired) electrons. The minimum atomic E-state index is -0.423. The van der Waals surface area contributed by atoms with Crippen LogP contribution < -0.4 is 0 Å². The minimum Gasteiger partial charge on any atom is -0.376 e. The Bertz CT molecular complexity index is 1390. The molecule has 6 rings (SSSR count). The van der Waals surface area contributed by atoms with E-state index in [1.807, 2.05) is 72.8 Å². The van der Waals surface area contributed by atoms with E-state index >= 15 is 0 Å². The maximum Gasteiger partial charge on any atom is 0.159 e. The molecule has 4 aromatic carbocycles. The molecule has 0 aliphatic carbocycles. The molecule has 46 heavy (non-hydrogen) atoms. The Balaban J connectivity index is 1.29. The molecule has 7 heteroatoms. The fraction of sp³-hybridized carbons (Fsp3) is 0.385. The van der Waals surface area contributed by atoms with Crippen LogP contribution in [0.4, 0.5) is 0 Å². The summed E-state index contributed by atoms with van der Waals surface area (Å²) in [5.41, 5.74) is 4.09. The maximum absolute atomic E-state index is 6.85. The van der Waals surface area contributed by atoms with Crippen molar-refractivity contribution < 1.29 is 28.4 Å². The first kappa shape index (κ1) is 32.9. The lowest BCUT2D eigenvalue weighted by molar-refractivity contribution is -0.226. The molecule has 0 bridgehead atoms. The molecule has 0 amide bonds. The molecule has 2 aliphatic rings. The molecule has 6 nitrogen and oxygen atoms in total. The SMILES string of the molecule is c1ccc(COC[C@@H]2S[C@H](OC3CCCCO3)[C@H](OCc3ccccc3)[C@@H](OCc3ccccc3)[C@@H]2OCc2ccccc2)cc1. The third kappa shape index (κ3) is 9.75. The van der Waals surface area contributed by atoms with Crippen molar-refractivity contribution >= 4 is 11.8 Å². The fourth-order valence-electron chi connectivity index (χ4n) is 5.82. The van der Waals surface area contributed by atoms with Crippen LogP contribution in [-0.2, 0) is 54.8 Å². The van der Waals surface area contributed by atoms with Gasteiger partial charge in [-0.05, 0) is 41.5 Å². The quantitative estimate of drug-likeness (QED) is 0.131. The summed E-state index contributed by atoms with van der Waals surface area (Å²) in [7, 11) is 0. The van der Waals surface area contributed by atoms with E-state index in [1.54, 1.807) is 11.8 Å². The van der Waals surface area contributed by atoms with E-state index in [0.29, 0.717) is 39.6 Å². The van der Waals surface area contributed by atoms with Gasteiger partial charge in [-0.15, -0.1) is 11.8 Å². The molecule has 2 fully saturated rings. The van der Waals surface area contributed by atoms with Gasteiger partial charge in [-0.2, -0.15) is 0 Å². The predicted molar refractivity (Wildman–Crippen MR) is 181 cm³/mol. The Morgan fingerprint density at radius 3 is 1.52 bits per heavy atom. The van der Waals surface area contributed by atoms with Crippen LogP contribution in [0, 0.1) is 0 Å². The van der Waals surface area contributed by atoms with E-state index in [4.69, 9.17) is 28.4 Å². The zero-order valence-corrected chi connectivity index (χ0v) is 27.0. The number of hydrogen-bond donors (Lipinski definition) is 0. The van der Waals surface area contributed by atoms with Crippen molar-refractivity contribution in [2.75, 3.05) is 13.2 Å². The van der Waals surface area contributed by atoms with Crippen molar-refractivity contribution in [2.45, 2.75) is 81.0 Å². The first-order valence-electron chi connectivity index (χ1n) is 16.3. The summed E-state index contributed by atoms with van der Waals surface area (Å²) in [6.07, 6.45) is 1.56. The second-order valence-electron chi connectivity index (χ2n) is 11.8. The van der Waals surface area contributed by atoms with E-state index in [9.17, 15) is 0 Å². The summed E-state index contributed by atoms with van der Waals surface area (Å²) in [4.78, 5) is 0. The Kier molecular flexibility index (Phi) is 12.7. The van der Waals surface area contributed by atoms with Crippen LogP contribution in [0.25, 0.3) is 0 Å². The standard InChI is InChI=1S/C39H44O6S/c1-5-15-30(16-6-1)25-40-29-34-36(42-26-31-17-7-2-8-18-31)37(43-27-32-19-9-3-10-20-32)38(44-28-33-21-11-4-12-22-33)39(46-34)45-35-23-13-14-24-41-35/h1-12,15-22,34-39H,13-14,23-29H2/t34-,35?,36+,37-,38+,39-/m0/s1. The molecule has 4 aromatic rings. The third-order valence-corrected chi connectivity index (χ3v) is 9.67. The van der Waals surface area contributed by atoms with Crippen molar-refractivity contribution in [3.63, 3.8) is 0 Å². The van der Waals surface area contributed by atoms with Crippen molar-refractivity contribution in [2.24, 2.45) is 0 Å². The zero-order valence-electron chi connectivity index (χ0n) is 26.2. The summed E-state index contributed by atoms with van der Waals surface area (Å²) >= 11 is 1.71. The summed E-state index contributed by atoms with van der Waals surface area (Å²) in [5.74, 6) is 0. The van der Waals surface area contributed by atoms with Gasteiger partial charge in [0.05, 0.1) is 38.3 Å². The second kappa shape index (κ2) is 17.8. The summed E-state index contributed by atoms with van der Waals surface area (Å²) in [6, 6.07) is 41.1. The number of hydrogen-bond acceptors (Lipinski definition) is 7. The molecular formula is C39H44O6S. The van der Waals surface area contributed by atoms with Gasteiger partial charge in [0.2, 0.25) is 0 Å². The Morgan fingerprint density at radius 1 is 0.543 bits per heavy atom. The lowest BCUT2D eigenvalue weighted by Crippen LogP contribution is -2.58. The fourth-order valence-corrected chi connectivity index (χ4v) is 7.31. The first-order chi connectivity index (χ1) is 22.8. The normalized spacial score (nSPS) is 24.9. The van der Waals surface area contributed by atoms with Crippen LogP contribution in [0.1, 0.15) is 41.5 Å². The van der Waals surface area contributed by atoms with E-state index in [2.05, 4.69) is 48.5 Å². The van der Waals surface area contributed by atoms with E-state index in [0.717, 1.165) is 41.5 Å². The Morgan fingerprint density at radius 2 is 1.02 bits per heavy atom. The van der Waals surface area contributed by atoms with Gasteiger partial charge < -0.3 is 28.4 Å². The summed E-state index contributed by atoms with van der Waals surface area (Å²) < 4.78 is 39.6. The Labute approximate surface area is 277 Å². The van der Waals surface area contributed by atoms with Gasteiger partial charge in [0.15, 0.2) is 6.29 Å². The number of rotatable bonds is 15. The van der Waals surface area contributed by atoms with Gasteiger partial charge in [-0.3, -0.25) is 0 Å². The molecule has 2 saturated heterocycles. The van der Waals surface area contributed by atoms with Crippen molar-refractivity contribution in [3.8, 4) is 0 Å². The van der Waals surface area contributed by atoms with Gasteiger partial charge in [-0.1, -0.05) is 121 Å². The molecule has 0 N–H and O–H groups in total. The van der Waals surface area contributed by atoms with E-state index < -0.39 is 12.2 Å². The highest BCUT2D eigenvalue weighted by Crippen LogP contribution is 2.41. The summed E-state index contributed by atoms with van der Waals surface area (Å²) in [6.45, 7) is 3.01. The first-order valence-corrected chi connectivity index (χ1v) is 17.3. The van der Waals surface area contributed by atoms with Crippen molar-refractivity contribution in [1.82, 2.24) is 0 Å². The third-order valence-electron chi connectivity index (χ3n) is 8.26. The lowest BCUT2D eigenvalue weighted by atomic mass is 10.0. The molecule has 0 saturated carbocycles. The van der Waals surface area contributed by atoms with Gasteiger partial charge in [-0.25, -0.2) is 0 Å². The summed E-state index contributed by atoms with van der Waals surface area (Å²) in [5, 5.41) is -0.0710. The highest BCUT2D eigenvalue weighted by molar-refractivity contribution is 8.00. The number of benzene rings is 4. The van der Waals surface area contributed by atoms with Crippen LogP contribution in [0.15, 0.2) is 121 Å². The van der Waals surface area contributed by atoms with Gasteiger partial charge in [0.1, 0.15) is 23.7 Å². The maximum atomic E-state index is 6.85. The molecule has 0 spiro atoms. The molecule has 6 atom stereocenters. The van der Waals surface area contributed by atoms with Crippen LogP contribution in [0.2, 0.25) is 0 Å². The molecule has 1 unspecified atom stereocenters. The molecule has 2 heterocycles. The lowest BCUT2D eigenvalue weighted by Gasteiger charge is -2.46.